The van der Waals surface area contributed by atoms with Gasteiger partial charge >= 0.3 is 0 Å². The van der Waals surface area contributed by atoms with E-state index in [1.54, 1.807) is 0 Å². The van der Waals surface area contributed by atoms with Crippen LogP contribution in [-0.2, 0) is 11.8 Å². The van der Waals surface area contributed by atoms with E-state index in [0.29, 0.717) is 11.4 Å². The van der Waals surface area contributed by atoms with Crippen LogP contribution in [0.2, 0.25) is 5.02 Å². The van der Waals surface area contributed by atoms with Crippen LogP contribution >= 0.6 is 11.6 Å². The fraction of sp³-hybridized carbons (Fsp3) is 0.467. The zero-order valence-corrected chi connectivity index (χ0v) is 12.4. The molecule has 1 aromatic carbocycles. The van der Waals surface area contributed by atoms with Gasteiger partial charge in [0, 0.05) is 16.9 Å². The molecule has 0 saturated heterocycles. The fourth-order valence-corrected chi connectivity index (χ4v) is 2.64. The van der Waals surface area contributed by atoms with Gasteiger partial charge in [0.15, 0.2) is 0 Å². The van der Waals surface area contributed by atoms with E-state index in [1.165, 1.54) is 6.33 Å². The minimum Gasteiger partial charge on any atom is -0.395 e. The summed E-state index contributed by atoms with van der Waals surface area (Å²) in [5.41, 5.74) is 0.759. The van der Waals surface area contributed by atoms with E-state index in [0.717, 1.165) is 30.7 Å². The Balaban J connectivity index is 2.32. The fourth-order valence-electron chi connectivity index (χ4n) is 2.52. The standard InChI is InChI=1S/C15H20ClN3O/c1-2-3-8-15(10-20,9-14-17-11-18-19-14)12-4-6-13(16)7-5-12/h4-7,11,20H,2-3,8-10H2,1H3,(H,17,18,19). The highest BCUT2D eigenvalue weighted by Crippen LogP contribution is 2.33. The van der Waals surface area contributed by atoms with E-state index in [1.807, 2.05) is 24.3 Å². The Bertz CT molecular complexity index is 512. The van der Waals surface area contributed by atoms with Crippen molar-refractivity contribution in [1.29, 1.82) is 0 Å². The maximum atomic E-state index is 10.0. The lowest BCUT2D eigenvalue weighted by molar-refractivity contribution is 0.177. The lowest BCUT2D eigenvalue weighted by Gasteiger charge is -2.32. The van der Waals surface area contributed by atoms with Gasteiger partial charge < -0.3 is 5.11 Å². The number of rotatable bonds is 7. The lowest BCUT2D eigenvalue weighted by atomic mass is 9.74. The Labute approximate surface area is 124 Å². The molecule has 0 spiro atoms. The van der Waals surface area contributed by atoms with Crippen LogP contribution in [0, 0.1) is 0 Å². The molecule has 2 N–H and O–H groups in total. The van der Waals surface area contributed by atoms with Gasteiger partial charge in [-0.05, 0) is 24.1 Å². The van der Waals surface area contributed by atoms with Gasteiger partial charge in [-0.25, -0.2) is 4.98 Å². The van der Waals surface area contributed by atoms with Crippen molar-refractivity contribution >= 4 is 11.6 Å². The number of hydrogen-bond donors (Lipinski definition) is 2. The summed E-state index contributed by atoms with van der Waals surface area (Å²) in [5.74, 6) is 0.796. The van der Waals surface area contributed by atoms with Gasteiger partial charge in [-0.15, -0.1) is 0 Å². The number of nitrogens with zero attached hydrogens (tertiary/aromatic N) is 2. The molecule has 108 valence electrons. The molecule has 0 bridgehead atoms. The molecule has 0 saturated carbocycles. The summed E-state index contributed by atoms with van der Waals surface area (Å²) in [6.07, 6.45) is 5.19. The minimum absolute atomic E-state index is 0.0787. The summed E-state index contributed by atoms with van der Waals surface area (Å²) in [6.45, 7) is 2.23. The summed E-state index contributed by atoms with van der Waals surface area (Å²) < 4.78 is 0. The Hall–Kier alpha value is -1.39. The first kappa shape index (κ1) is 15.0. The van der Waals surface area contributed by atoms with Gasteiger partial charge in [-0.3, -0.25) is 5.10 Å². The Morgan fingerprint density at radius 3 is 2.60 bits per heavy atom. The molecule has 1 aromatic heterocycles. The Kier molecular flexibility index (Phi) is 5.15. The summed E-state index contributed by atoms with van der Waals surface area (Å²) in [6, 6.07) is 7.72. The quantitative estimate of drug-likeness (QED) is 0.824. The predicted octanol–water partition coefficient (Wildman–Crippen LogP) is 3.12. The molecule has 20 heavy (non-hydrogen) atoms. The zero-order valence-electron chi connectivity index (χ0n) is 11.6. The molecule has 2 rings (SSSR count). The molecular formula is C15H20ClN3O. The number of aliphatic hydroxyl groups excluding tert-OH is 1. The summed E-state index contributed by atoms with van der Waals surface area (Å²) >= 11 is 5.96. The van der Waals surface area contributed by atoms with Gasteiger partial charge in [0.2, 0.25) is 0 Å². The SMILES string of the molecule is CCCCC(CO)(Cc1ncn[nH]1)c1ccc(Cl)cc1. The van der Waals surface area contributed by atoms with Crippen LogP contribution in [0.4, 0.5) is 0 Å². The molecule has 5 heteroatoms. The third kappa shape index (κ3) is 3.38. The Morgan fingerprint density at radius 2 is 2.05 bits per heavy atom. The van der Waals surface area contributed by atoms with E-state index in [4.69, 9.17) is 11.6 Å². The van der Waals surface area contributed by atoms with Crippen LogP contribution in [0.5, 0.6) is 0 Å². The van der Waals surface area contributed by atoms with Gasteiger partial charge in [0.1, 0.15) is 12.2 Å². The first-order valence-corrected chi connectivity index (χ1v) is 7.29. The molecule has 0 aliphatic carbocycles. The summed E-state index contributed by atoms with van der Waals surface area (Å²) in [5, 5.41) is 17.5. The van der Waals surface area contributed by atoms with Crippen LogP contribution in [0.15, 0.2) is 30.6 Å². The van der Waals surface area contributed by atoms with E-state index in [-0.39, 0.29) is 12.0 Å². The van der Waals surface area contributed by atoms with Crippen molar-refractivity contribution in [3.63, 3.8) is 0 Å². The third-order valence-corrected chi connectivity index (χ3v) is 3.99. The van der Waals surface area contributed by atoms with E-state index < -0.39 is 0 Å². The second kappa shape index (κ2) is 6.86. The van der Waals surface area contributed by atoms with Gasteiger partial charge in [0.25, 0.3) is 0 Å². The molecule has 0 aliphatic heterocycles. The number of aromatic nitrogens is 3. The maximum Gasteiger partial charge on any atom is 0.137 e. The van der Waals surface area contributed by atoms with Crippen LogP contribution in [0.3, 0.4) is 0 Å². The zero-order chi connectivity index (χ0) is 14.4. The second-order valence-electron chi connectivity index (χ2n) is 5.16. The molecule has 0 radical (unpaired) electrons. The Morgan fingerprint density at radius 1 is 1.30 bits per heavy atom. The van der Waals surface area contributed by atoms with Crippen molar-refractivity contribution in [3.8, 4) is 0 Å². The number of H-pyrrole nitrogens is 1. The molecule has 2 aromatic rings. The normalized spacial score (nSPS) is 14.2. The van der Waals surface area contributed by atoms with Gasteiger partial charge in [-0.2, -0.15) is 5.10 Å². The van der Waals surface area contributed by atoms with Crippen molar-refractivity contribution in [3.05, 3.63) is 47.0 Å². The van der Waals surface area contributed by atoms with Crippen molar-refractivity contribution in [2.45, 2.75) is 38.0 Å². The predicted molar refractivity (Wildman–Crippen MR) is 79.8 cm³/mol. The van der Waals surface area contributed by atoms with Crippen molar-refractivity contribution in [1.82, 2.24) is 15.2 Å². The minimum atomic E-state index is -0.333. The topological polar surface area (TPSA) is 61.8 Å². The maximum absolute atomic E-state index is 10.0. The second-order valence-corrected chi connectivity index (χ2v) is 5.59. The molecule has 1 atom stereocenters. The number of aliphatic hydroxyl groups is 1. The average molecular weight is 294 g/mol. The van der Waals surface area contributed by atoms with Crippen LogP contribution in [0.1, 0.15) is 37.6 Å². The molecule has 1 heterocycles. The largest absolute Gasteiger partial charge is 0.395 e. The monoisotopic (exact) mass is 293 g/mol. The van der Waals surface area contributed by atoms with Crippen LogP contribution in [0.25, 0.3) is 0 Å². The van der Waals surface area contributed by atoms with Crippen LogP contribution in [-0.4, -0.2) is 26.9 Å². The van der Waals surface area contributed by atoms with Gasteiger partial charge in [-0.1, -0.05) is 43.5 Å². The average Bonchev–Trinajstić information content (AvgIpc) is 2.97. The molecule has 0 fully saturated rings. The van der Waals surface area contributed by atoms with E-state index >= 15 is 0 Å². The number of halogens is 1. The smallest absolute Gasteiger partial charge is 0.137 e. The molecule has 4 nitrogen and oxygen atoms in total. The molecule has 0 aliphatic rings. The van der Waals surface area contributed by atoms with E-state index in [2.05, 4.69) is 22.1 Å². The molecule has 1 unspecified atom stereocenters. The third-order valence-electron chi connectivity index (χ3n) is 3.74. The number of aromatic amines is 1. The summed E-state index contributed by atoms with van der Waals surface area (Å²) in [4.78, 5) is 4.20. The first-order valence-electron chi connectivity index (χ1n) is 6.91. The highest BCUT2D eigenvalue weighted by atomic mass is 35.5. The van der Waals surface area contributed by atoms with Crippen LogP contribution < -0.4 is 0 Å². The molecular weight excluding hydrogens is 274 g/mol. The number of hydrogen-bond acceptors (Lipinski definition) is 3. The first-order chi connectivity index (χ1) is 9.70. The lowest BCUT2D eigenvalue weighted by Crippen LogP contribution is -2.33. The van der Waals surface area contributed by atoms with Crippen molar-refractivity contribution in [2.24, 2.45) is 0 Å². The highest BCUT2D eigenvalue weighted by molar-refractivity contribution is 6.30. The number of nitrogens with one attached hydrogen (secondary N) is 1. The highest BCUT2D eigenvalue weighted by Gasteiger charge is 2.32. The van der Waals surface area contributed by atoms with Crippen molar-refractivity contribution < 1.29 is 5.11 Å². The number of benzene rings is 1. The summed E-state index contributed by atoms with van der Waals surface area (Å²) in [7, 11) is 0. The van der Waals surface area contributed by atoms with Gasteiger partial charge in [0.05, 0.1) is 6.61 Å². The van der Waals surface area contributed by atoms with E-state index in [9.17, 15) is 5.11 Å². The number of unbranched alkanes of at least 4 members (excludes halogenated alkanes) is 1. The molecule has 0 amide bonds. The van der Waals surface area contributed by atoms with Crippen molar-refractivity contribution in [2.75, 3.05) is 6.61 Å².